The van der Waals surface area contributed by atoms with Crippen molar-refractivity contribution in [2.45, 2.75) is 57.1 Å². The molecule has 1 aliphatic heterocycles. The quantitative estimate of drug-likeness (QED) is 0.507. The monoisotopic (exact) mass is 432 g/mol. The summed E-state index contributed by atoms with van der Waals surface area (Å²) in [6.45, 7) is 6.35. The first-order chi connectivity index (χ1) is 14.7. The van der Waals surface area contributed by atoms with E-state index in [9.17, 15) is 4.79 Å². The molecule has 1 aliphatic carbocycles. The van der Waals surface area contributed by atoms with E-state index in [1.165, 1.54) is 32.1 Å². The van der Waals surface area contributed by atoms with E-state index in [1.54, 1.807) is 11.8 Å². The minimum absolute atomic E-state index is 0.157. The molecule has 0 atom stereocenters. The van der Waals surface area contributed by atoms with Gasteiger partial charge < -0.3 is 15.0 Å². The number of thioether (sulfide) groups is 1. The largest absolute Gasteiger partial charge is 0.378 e. The first-order valence-electron chi connectivity index (χ1n) is 11.2. The van der Waals surface area contributed by atoms with Gasteiger partial charge in [-0.05, 0) is 24.5 Å². The van der Waals surface area contributed by atoms with Gasteiger partial charge in [-0.3, -0.25) is 4.79 Å². The van der Waals surface area contributed by atoms with Crippen molar-refractivity contribution < 1.29 is 9.53 Å². The summed E-state index contributed by atoms with van der Waals surface area (Å²) >= 11 is 1.64. The van der Waals surface area contributed by atoms with Gasteiger partial charge in [-0.2, -0.15) is 5.10 Å². The van der Waals surface area contributed by atoms with Gasteiger partial charge in [0, 0.05) is 26.1 Å². The summed E-state index contributed by atoms with van der Waals surface area (Å²) in [6.07, 6.45) is 8.73. The molecule has 4 rings (SSSR count). The van der Waals surface area contributed by atoms with Crippen LogP contribution in [0.1, 0.15) is 45.4 Å². The first-order valence-corrected chi connectivity index (χ1v) is 12.2. The summed E-state index contributed by atoms with van der Waals surface area (Å²) in [5.41, 5.74) is 0.837. The molecular weight excluding hydrogens is 400 g/mol. The van der Waals surface area contributed by atoms with E-state index < -0.39 is 0 Å². The molecule has 2 aromatic rings. The molecule has 0 aromatic carbocycles. The molecule has 1 saturated heterocycles. The van der Waals surface area contributed by atoms with E-state index in [1.807, 2.05) is 10.9 Å². The van der Waals surface area contributed by atoms with Crippen LogP contribution in [0.25, 0.3) is 11.0 Å². The zero-order valence-corrected chi connectivity index (χ0v) is 18.6. The molecule has 30 heavy (non-hydrogen) atoms. The van der Waals surface area contributed by atoms with Gasteiger partial charge in [0.15, 0.2) is 10.8 Å². The number of anilines is 1. The van der Waals surface area contributed by atoms with E-state index >= 15 is 0 Å². The third kappa shape index (κ3) is 5.24. The van der Waals surface area contributed by atoms with Crippen LogP contribution < -0.4 is 10.2 Å². The Kier molecular flexibility index (Phi) is 7.43. The summed E-state index contributed by atoms with van der Waals surface area (Å²) < 4.78 is 7.39. The highest BCUT2D eigenvalue weighted by Crippen LogP contribution is 2.28. The number of carbonyl (C=O) groups excluding carboxylic acids is 1. The van der Waals surface area contributed by atoms with Crippen LogP contribution in [-0.2, 0) is 16.1 Å². The molecule has 2 fully saturated rings. The lowest BCUT2D eigenvalue weighted by Gasteiger charge is -2.28. The van der Waals surface area contributed by atoms with Crippen LogP contribution in [-0.4, -0.2) is 64.3 Å². The van der Waals surface area contributed by atoms with Crippen LogP contribution in [0.3, 0.4) is 0 Å². The van der Waals surface area contributed by atoms with Crippen LogP contribution >= 0.6 is 11.8 Å². The molecule has 2 aliphatic rings. The Morgan fingerprint density at radius 1 is 1.23 bits per heavy atom. The maximum absolute atomic E-state index is 12.3. The van der Waals surface area contributed by atoms with Crippen molar-refractivity contribution >= 4 is 34.5 Å². The summed E-state index contributed by atoms with van der Waals surface area (Å²) in [6, 6.07) is 0. The summed E-state index contributed by atoms with van der Waals surface area (Å²) in [7, 11) is 0. The van der Waals surface area contributed by atoms with Crippen LogP contribution in [0.4, 0.5) is 5.82 Å². The molecule has 9 heteroatoms. The van der Waals surface area contributed by atoms with E-state index in [2.05, 4.69) is 22.2 Å². The fraction of sp³-hybridized carbons (Fsp3) is 0.714. The van der Waals surface area contributed by atoms with Crippen LogP contribution in [0.2, 0.25) is 0 Å². The predicted molar refractivity (Wildman–Crippen MR) is 119 cm³/mol. The zero-order chi connectivity index (χ0) is 20.8. The topological polar surface area (TPSA) is 85.2 Å². The first kappa shape index (κ1) is 21.4. The molecule has 0 bridgehead atoms. The average molecular weight is 433 g/mol. The number of aromatic nitrogens is 4. The maximum Gasteiger partial charge on any atom is 0.220 e. The second-order valence-corrected chi connectivity index (χ2v) is 9.26. The number of fused-ring (bicyclic) bond motifs is 1. The van der Waals surface area contributed by atoms with Crippen LogP contribution in [0.5, 0.6) is 0 Å². The third-order valence-corrected chi connectivity index (χ3v) is 6.61. The lowest BCUT2D eigenvalue weighted by Crippen LogP contribution is -2.37. The number of rotatable bonds is 8. The SMILES string of the molecule is CCSc1nc(N2CCOCC2)c2cnn(CCNC(=O)CC3CCCCC3)c2n1. The van der Waals surface area contributed by atoms with Crippen molar-refractivity contribution in [3.05, 3.63) is 6.20 Å². The van der Waals surface area contributed by atoms with Crippen LogP contribution in [0, 0.1) is 5.92 Å². The lowest BCUT2D eigenvalue weighted by atomic mass is 9.87. The maximum atomic E-state index is 12.3. The summed E-state index contributed by atoms with van der Waals surface area (Å²) in [5, 5.41) is 9.37. The van der Waals surface area contributed by atoms with E-state index in [4.69, 9.17) is 14.7 Å². The standard InChI is InChI=1S/C21H32N6O2S/c1-2-30-21-24-19(26-10-12-29-13-11-26)17-15-23-27(20(17)25-21)9-8-22-18(28)14-16-6-4-3-5-7-16/h15-16H,2-14H2,1H3,(H,22,28). The molecule has 3 heterocycles. The fourth-order valence-corrected chi connectivity index (χ4v) is 4.88. The van der Waals surface area contributed by atoms with E-state index in [-0.39, 0.29) is 5.91 Å². The highest BCUT2D eigenvalue weighted by molar-refractivity contribution is 7.99. The van der Waals surface area contributed by atoms with Gasteiger partial charge in [0.25, 0.3) is 0 Å². The molecule has 1 amide bonds. The van der Waals surface area contributed by atoms with Gasteiger partial charge in [0.05, 0.1) is 31.3 Å². The second kappa shape index (κ2) is 10.4. The van der Waals surface area contributed by atoms with Gasteiger partial charge in [0.1, 0.15) is 5.82 Å². The Balaban J connectivity index is 1.43. The molecule has 1 saturated carbocycles. The molecule has 0 unspecified atom stereocenters. The van der Waals surface area contributed by atoms with Gasteiger partial charge in [-0.25, -0.2) is 14.6 Å². The molecule has 8 nitrogen and oxygen atoms in total. The Hall–Kier alpha value is -1.87. The highest BCUT2D eigenvalue weighted by atomic mass is 32.2. The summed E-state index contributed by atoms with van der Waals surface area (Å²) in [4.78, 5) is 24.1. The fourth-order valence-electron chi connectivity index (χ4n) is 4.32. The number of morpholine rings is 1. The number of carbonyl (C=O) groups is 1. The van der Waals surface area contributed by atoms with Gasteiger partial charge in [0.2, 0.25) is 5.91 Å². The molecule has 0 radical (unpaired) electrons. The van der Waals surface area contributed by atoms with Crippen LogP contribution in [0.15, 0.2) is 11.4 Å². The average Bonchev–Trinajstić information content (AvgIpc) is 3.18. The number of hydrogen-bond acceptors (Lipinski definition) is 7. The summed E-state index contributed by atoms with van der Waals surface area (Å²) in [5.74, 6) is 2.57. The van der Waals surface area contributed by atoms with Gasteiger partial charge in [-0.1, -0.05) is 37.9 Å². The van der Waals surface area contributed by atoms with Crippen molar-refractivity contribution in [1.82, 2.24) is 25.1 Å². The van der Waals surface area contributed by atoms with Crippen molar-refractivity contribution in [1.29, 1.82) is 0 Å². The molecule has 164 valence electrons. The van der Waals surface area contributed by atoms with Gasteiger partial charge >= 0.3 is 0 Å². The second-order valence-electron chi connectivity index (χ2n) is 8.03. The normalized spacial score (nSPS) is 18.1. The molecular formula is C21H32N6O2S. The molecule has 1 N–H and O–H groups in total. The predicted octanol–water partition coefficient (Wildman–Crippen LogP) is 2.86. The number of nitrogens with one attached hydrogen (secondary N) is 1. The number of amides is 1. The highest BCUT2D eigenvalue weighted by Gasteiger charge is 2.20. The van der Waals surface area contributed by atoms with E-state index in [0.29, 0.717) is 38.6 Å². The Morgan fingerprint density at radius 3 is 2.80 bits per heavy atom. The van der Waals surface area contributed by atoms with Crippen molar-refractivity contribution in [3.63, 3.8) is 0 Å². The number of nitrogens with zero attached hydrogens (tertiary/aromatic N) is 5. The van der Waals surface area contributed by atoms with Crippen molar-refractivity contribution in [2.24, 2.45) is 5.92 Å². The molecule has 2 aromatic heterocycles. The lowest BCUT2D eigenvalue weighted by molar-refractivity contribution is -0.122. The Labute approximate surface area is 182 Å². The number of ether oxygens (including phenoxy) is 1. The molecule has 0 spiro atoms. The van der Waals surface area contributed by atoms with E-state index in [0.717, 1.165) is 40.9 Å². The minimum Gasteiger partial charge on any atom is -0.378 e. The minimum atomic E-state index is 0.157. The Morgan fingerprint density at radius 2 is 2.03 bits per heavy atom. The Bertz CT molecular complexity index is 845. The number of hydrogen-bond donors (Lipinski definition) is 1. The van der Waals surface area contributed by atoms with Crippen molar-refractivity contribution in [2.75, 3.05) is 43.5 Å². The smallest absolute Gasteiger partial charge is 0.220 e. The van der Waals surface area contributed by atoms with Crippen molar-refractivity contribution in [3.8, 4) is 0 Å². The van der Waals surface area contributed by atoms with Gasteiger partial charge in [-0.15, -0.1) is 0 Å². The third-order valence-electron chi connectivity index (χ3n) is 5.88. The zero-order valence-electron chi connectivity index (χ0n) is 17.8.